The summed E-state index contributed by atoms with van der Waals surface area (Å²) in [5, 5.41) is 52.7. The van der Waals surface area contributed by atoms with Gasteiger partial charge in [-0.3, -0.25) is 48.3 Å². The van der Waals surface area contributed by atoms with Crippen molar-refractivity contribution < 1.29 is 63.6 Å². The second-order valence-electron chi connectivity index (χ2n) is 14.7. The molecule has 0 aliphatic carbocycles. The van der Waals surface area contributed by atoms with Crippen molar-refractivity contribution >= 4 is 104 Å². The number of aromatic nitrogens is 4. The number of nitrogen functional groups attached to an aromatic ring is 1. The molecule has 17 N–H and O–H groups in total. The molecular weight excluding hydrogens is 953 g/mol. The van der Waals surface area contributed by atoms with Crippen LogP contribution < -0.4 is 54.7 Å². The molecule has 69 heavy (non-hydrogen) atoms. The molecule has 0 unspecified atom stereocenters. The second kappa shape index (κ2) is 27.8. The van der Waals surface area contributed by atoms with Crippen LogP contribution in [-0.4, -0.2) is 148 Å². The summed E-state index contributed by atoms with van der Waals surface area (Å²) >= 11 is 0. The number of amides is 5. The van der Waals surface area contributed by atoms with Crippen LogP contribution in [0.3, 0.4) is 0 Å². The number of carboxylic acid groups (broad SMARTS) is 4. The summed E-state index contributed by atoms with van der Waals surface area (Å²) in [6.07, 6.45) is -1.36. The molecule has 0 fully saturated rings. The summed E-state index contributed by atoms with van der Waals surface area (Å²) in [6.45, 7) is 1.93. The van der Waals surface area contributed by atoms with E-state index in [0.29, 0.717) is 17.1 Å². The van der Waals surface area contributed by atoms with Crippen molar-refractivity contribution in [2.45, 2.75) is 88.6 Å². The van der Waals surface area contributed by atoms with Gasteiger partial charge in [0.15, 0.2) is 17.1 Å². The molecule has 0 bridgehead atoms. The van der Waals surface area contributed by atoms with Crippen LogP contribution in [0.15, 0.2) is 40.2 Å². The fraction of sp³-hybridized carbons (Fsp3) is 0.436. The molecule has 0 spiro atoms. The first-order chi connectivity index (χ1) is 32.7. The number of hydrogen-bond donors (Lipinski definition) is 14. The highest BCUT2D eigenvalue weighted by molar-refractivity contribution is 8.76. The Labute approximate surface area is 399 Å². The van der Waals surface area contributed by atoms with Crippen LogP contribution in [0.25, 0.3) is 11.2 Å². The zero-order chi connectivity index (χ0) is 51.2. The summed E-state index contributed by atoms with van der Waals surface area (Å²) < 4.78 is 0. The van der Waals surface area contributed by atoms with Crippen LogP contribution in [0.1, 0.15) is 67.9 Å². The van der Waals surface area contributed by atoms with Gasteiger partial charge in [0.25, 0.3) is 11.5 Å². The standard InChI is InChI=1S/C39H52N14O14S2/c1-2-12-68-69-17-25(37(66)67)51-34(62)24(14-28(57)58)50-32(60)21(4-3-11-43-38(40)41)48-33(61)23(13-27(55)56)47-26(54)10-9-22(36(64)65)49-31(59)18-5-7-19(8-6-18)44-15-20-16-45-30-29(46-20)35(63)53-39(42)52-30/h5-8,16,21-25,44H,2-4,9-15,17H2,1H3,(H,47,54)(H,48,61)(H,49,59)(H,50,60)(H,51,62)(H,55,56)(H,57,58)(H,64,65)(H,66,67)(H4,40,41,43)(H3,42,45,52,53,63)/t21-,22-,23-,24-,25-/m0/s1. The summed E-state index contributed by atoms with van der Waals surface area (Å²) in [6, 6.07) is -2.73. The number of rotatable bonds is 30. The Morgan fingerprint density at radius 2 is 1.35 bits per heavy atom. The van der Waals surface area contributed by atoms with Gasteiger partial charge in [0, 0.05) is 35.7 Å². The topological polar surface area (TPSA) is 469 Å². The number of aliphatic carboxylic acids is 4. The molecule has 0 aliphatic heterocycles. The third-order valence-electron chi connectivity index (χ3n) is 9.21. The predicted molar refractivity (Wildman–Crippen MR) is 249 cm³/mol. The molecule has 2 aromatic heterocycles. The third-order valence-corrected chi connectivity index (χ3v) is 11.8. The lowest BCUT2D eigenvalue weighted by Gasteiger charge is -2.25. The largest absolute Gasteiger partial charge is 0.481 e. The van der Waals surface area contributed by atoms with Gasteiger partial charge >= 0.3 is 23.9 Å². The van der Waals surface area contributed by atoms with Crippen molar-refractivity contribution in [1.29, 1.82) is 0 Å². The molecule has 0 saturated carbocycles. The van der Waals surface area contributed by atoms with Gasteiger partial charge in [0.05, 0.1) is 31.3 Å². The molecule has 374 valence electrons. The van der Waals surface area contributed by atoms with Crippen molar-refractivity contribution in [3.05, 3.63) is 52.1 Å². The van der Waals surface area contributed by atoms with Crippen LogP contribution in [0.2, 0.25) is 0 Å². The zero-order valence-electron chi connectivity index (χ0n) is 36.8. The molecule has 2 heterocycles. The monoisotopic (exact) mass is 1000 g/mol. The van der Waals surface area contributed by atoms with Crippen LogP contribution in [-0.2, 0) is 44.9 Å². The number of hydrogen-bond acceptors (Lipinski definition) is 18. The van der Waals surface area contributed by atoms with E-state index in [9.17, 15) is 68.4 Å². The fourth-order valence-corrected chi connectivity index (χ4v) is 8.11. The Hall–Kier alpha value is -7.76. The number of nitrogens with two attached hydrogens (primary N) is 3. The third kappa shape index (κ3) is 19.5. The highest BCUT2D eigenvalue weighted by Gasteiger charge is 2.33. The number of carbonyl (C=O) groups excluding carboxylic acids is 5. The van der Waals surface area contributed by atoms with Gasteiger partial charge in [-0.2, -0.15) is 4.98 Å². The number of carbonyl (C=O) groups is 9. The van der Waals surface area contributed by atoms with Gasteiger partial charge in [-0.15, -0.1) is 0 Å². The van der Waals surface area contributed by atoms with E-state index in [1.807, 2.05) is 6.92 Å². The minimum atomic E-state index is -1.88. The first kappa shape index (κ1) is 55.6. The first-order valence-electron chi connectivity index (χ1n) is 20.7. The van der Waals surface area contributed by atoms with Gasteiger partial charge < -0.3 is 69.5 Å². The number of carboxylic acids is 4. The average molecular weight is 1010 g/mol. The number of guanidine groups is 1. The lowest BCUT2D eigenvalue weighted by molar-refractivity contribution is -0.143. The van der Waals surface area contributed by atoms with Crippen molar-refractivity contribution in [3.63, 3.8) is 0 Å². The van der Waals surface area contributed by atoms with E-state index < -0.39 is 115 Å². The molecule has 1 aromatic carbocycles. The number of benzene rings is 1. The van der Waals surface area contributed by atoms with Crippen LogP contribution in [0.5, 0.6) is 0 Å². The maximum Gasteiger partial charge on any atom is 0.327 e. The van der Waals surface area contributed by atoms with Crippen molar-refractivity contribution in [2.24, 2.45) is 16.5 Å². The first-order valence-corrected chi connectivity index (χ1v) is 23.2. The Kier molecular flexibility index (Phi) is 22.4. The van der Waals surface area contributed by atoms with E-state index in [1.54, 1.807) is 0 Å². The zero-order valence-corrected chi connectivity index (χ0v) is 38.4. The molecule has 5 amide bonds. The fourth-order valence-electron chi connectivity index (χ4n) is 5.82. The number of fused-ring (bicyclic) bond motifs is 1. The number of aliphatic imine (C=N–C) groups is 1. The van der Waals surface area contributed by atoms with Crippen molar-refractivity contribution in [1.82, 2.24) is 46.5 Å². The lowest BCUT2D eigenvalue weighted by Crippen LogP contribution is -2.58. The normalized spacial score (nSPS) is 13.0. The van der Waals surface area contributed by atoms with Crippen LogP contribution in [0.4, 0.5) is 11.6 Å². The van der Waals surface area contributed by atoms with E-state index in [0.717, 1.165) is 17.2 Å². The van der Waals surface area contributed by atoms with Crippen LogP contribution in [0, 0.1) is 0 Å². The molecule has 0 radical (unpaired) electrons. The molecule has 0 aliphatic rings. The minimum Gasteiger partial charge on any atom is -0.481 e. The van der Waals surface area contributed by atoms with Gasteiger partial charge in [-0.05, 0) is 49.9 Å². The van der Waals surface area contributed by atoms with Crippen molar-refractivity contribution in [2.75, 3.05) is 29.1 Å². The summed E-state index contributed by atoms with van der Waals surface area (Å²) in [5.74, 6) is -11.4. The Bertz CT molecular complexity index is 2440. The maximum absolute atomic E-state index is 13.6. The van der Waals surface area contributed by atoms with Gasteiger partial charge in [0.1, 0.15) is 30.2 Å². The van der Waals surface area contributed by atoms with E-state index in [-0.39, 0.29) is 60.3 Å². The van der Waals surface area contributed by atoms with E-state index in [2.05, 4.69) is 56.8 Å². The number of nitrogens with one attached hydrogen (secondary N) is 7. The van der Waals surface area contributed by atoms with E-state index in [4.69, 9.17) is 17.2 Å². The SMILES string of the molecule is CCCSSC[C@H](NC(=O)[C@H](CC(=O)O)NC(=O)[C@H](CCCN=C(N)N)NC(=O)[C@H](CC(=O)O)NC(=O)CC[C@H](NC(=O)c1ccc(NCc2cnc3nc(N)[nH]c(=O)c3n2)cc1)C(=O)O)C(=O)O. The molecular formula is C39H52N14O14S2. The minimum absolute atomic E-state index is 0.0139. The Balaban J connectivity index is 1.67. The molecule has 0 saturated heterocycles. The summed E-state index contributed by atoms with van der Waals surface area (Å²) in [7, 11) is 2.51. The van der Waals surface area contributed by atoms with Crippen molar-refractivity contribution in [3.8, 4) is 0 Å². The quantitative estimate of drug-likeness (QED) is 0.0144. The lowest BCUT2D eigenvalue weighted by atomic mass is 10.1. The summed E-state index contributed by atoms with van der Waals surface area (Å²) in [5.41, 5.74) is 16.6. The molecule has 3 rings (SSSR count). The number of aromatic amines is 1. The summed E-state index contributed by atoms with van der Waals surface area (Å²) in [4.78, 5) is 144. The van der Waals surface area contributed by atoms with Gasteiger partial charge in [-0.1, -0.05) is 28.5 Å². The Morgan fingerprint density at radius 3 is 1.94 bits per heavy atom. The number of H-pyrrole nitrogens is 1. The molecule has 5 atom stereocenters. The van der Waals surface area contributed by atoms with E-state index in [1.165, 1.54) is 41.3 Å². The van der Waals surface area contributed by atoms with E-state index >= 15 is 0 Å². The number of anilines is 2. The van der Waals surface area contributed by atoms with Gasteiger partial charge in [-0.25, -0.2) is 19.6 Å². The average Bonchev–Trinajstić information content (AvgIpc) is 3.27. The maximum atomic E-state index is 13.6. The smallest absolute Gasteiger partial charge is 0.327 e. The molecule has 3 aromatic rings. The van der Waals surface area contributed by atoms with Gasteiger partial charge in [0.2, 0.25) is 29.6 Å². The predicted octanol–water partition coefficient (Wildman–Crippen LogP) is -2.31. The van der Waals surface area contributed by atoms with Crippen LogP contribution >= 0.6 is 21.6 Å². The number of nitrogens with zero attached hydrogens (tertiary/aromatic N) is 4. The Morgan fingerprint density at radius 1 is 0.754 bits per heavy atom. The highest BCUT2D eigenvalue weighted by Crippen LogP contribution is 2.23. The molecule has 30 heteroatoms. The second-order valence-corrected chi connectivity index (χ2v) is 17.3. The highest BCUT2D eigenvalue weighted by atomic mass is 33.1. The molecule has 28 nitrogen and oxygen atoms in total.